The first kappa shape index (κ1) is 23.2. The summed E-state index contributed by atoms with van der Waals surface area (Å²) >= 11 is 0. The number of anilines is 1. The number of carbonyl (C=O) groups excluding carboxylic acids is 1. The minimum atomic E-state index is -1.54. The van der Waals surface area contributed by atoms with Crippen LogP contribution in [0.15, 0.2) is 66.9 Å². The van der Waals surface area contributed by atoms with Gasteiger partial charge in [-0.05, 0) is 30.4 Å². The highest BCUT2D eigenvalue weighted by Gasteiger charge is 2.27. The zero-order valence-electron chi connectivity index (χ0n) is 19.4. The zero-order chi connectivity index (χ0) is 22.3. The summed E-state index contributed by atoms with van der Waals surface area (Å²) in [6.45, 7) is 9.51. The first-order valence-corrected chi connectivity index (χ1v) is 14.7. The predicted molar refractivity (Wildman–Crippen MR) is 136 cm³/mol. The Morgan fingerprint density at radius 2 is 1.68 bits per heavy atom. The van der Waals surface area contributed by atoms with Gasteiger partial charge in [0.1, 0.15) is 0 Å². The van der Waals surface area contributed by atoms with Crippen LogP contribution in [-0.4, -0.2) is 19.0 Å². The number of benzene rings is 2. The number of nitrogens with zero attached hydrogens (tertiary/aromatic N) is 1. The number of nitrogens with one attached hydrogen (secondary N) is 1. The molecule has 0 saturated carbocycles. The normalized spacial score (nSPS) is 12.8. The average molecular weight is 433 g/mol. The summed E-state index contributed by atoms with van der Waals surface area (Å²) in [6.07, 6.45) is 5.70. The monoisotopic (exact) mass is 432 g/mol. The number of fused-ring (bicyclic) bond motifs is 1. The summed E-state index contributed by atoms with van der Waals surface area (Å²) < 4.78 is 0. The molecule has 0 aliphatic rings. The fraction of sp³-hybridized carbons (Fsp3) is 0.407. The van der Waals surface area contributed by atoms with Crippen molar-refractivity contribution in [1.29, 1.82) is 0 Å². The molecule has 3 rings (SSSR count). The van der Waals surface area contributed by atoms with E-state index in [0.717, 1.165) is 23.0 Å². The Morgan fingerprint density at radius 1 is 0.935 bits per heavy atom. The van der Waals surface area contributed by atoms with Crippen LogP contribution in [0.25, 0.3) is 10.9 Å². The number of rotatable bonds is 10. The van der Waals surface area contributed by atoms with Crippen molar-refractivity contribution in [3.8, 4) is 0 Å². The molecule has 1 unspecified atom stereocenters. The number of carbonyl (C=O) groups is 1. The van der Waals surface area contributed by atoms with E-state index in [1.807, 2.05) is 30.3 Å². The minimum Gasteiger partial charge on any atom is -0.324 e. The fourth-order valence-corrected chi connectivity index (χ4v) is 7.58. The maximum Gasteiger partial charge on any atom is 0.224 e. The Hall–Kier alpha value is -2.46. The maximum absolute atomic E-state index is 12.8. The second-order valence-corrected chi connectivity index (χ2v) is 14.5. The molecule has 1 amide bonds. The third-order valence-corrected chi connectivity index (χ3v) is 9.69. The van der Waals surface area contributed by atoms with Gasteiger partial charge >= 0.3 is 0 Å². The van der Waals surface area contributed by atoms with E-state index in [0.29, 0.717) is 18.3 Å². The molecular formula is C27H36N2OSi. The molecule has 2 aromatic carbocycles. The van der Waals surface area contributed by atoms with Crippen LogP contribution in [0, 0.1) is 11.8 Å². The molecule has 0 aliphatic carbocycles. The van der Waals surface area contributed by atoms with E-state index in [1.54, 1.807) is 6.20 Å². The zero-order valence-corrected chi connectivity index (χ0v) is 20.4. The predicted octanol–water partition coefficient (Wildman–Crippen LogP) is 6.62. The van der Waals surface area contributed by atoms with Crippen LogP contribution in [0.4, 0.5) is 5.69 Å². The van der Waals surface area contributed by atoms with Gasteiger partial charge < -0.3 is 5.32 Å². The van der Waals surface area contributed by atoms with Crippen molar-refractivity contribution in [2.24, 2.45) is 11.8 Å². The molecule has 0 saturated heterocycles. The fourth-order valence-electron chi connectivity index (χ4n) is 4.40. The van der Waals surface area contributed by atoms with Crippen LogP contribution >= 0.6 is 0 Å². The molecule has 0 aliphatic heterocycles. The Bertz CT molecular complexity index is 979. The van der Waals surface area contributed by atoms with Gasteiger partial charge in [-0.25, -0.2) is 0 Å². The number of hydrogen-bond acceptors (Lipinski definition) is 2. The molecule has 4 heteroatoms. The number of pyridine rings is 1. The molecular weight excluding hydrogens is 396 g/mol. The van der Waals surface area contributed by atoms with Crippen molar-refractivity contribution in [3.63, 3.8) is 0 Å². The van der Waals surface area contributed by atoms with Crippen LogP contribution in [0.5, 0.6) is 0 Å². The van der Waals surface area contributed by atoms with E-state index in [4.69, 9.17) is 0 Å². The molecule has 1 atom stereocenters. The molecule has 1 heterocycles. The van der Waals surface area contributed by atoms with E-state index in [9.17, 15) is 4.79 Å². The van der Waals surface area contributed by atoms with Crippen LogP contribution in [0.2, 0.25) is 19.1 Å². The highest BCUT2D eigenvalue weighted by molar-refractivity contribution is 6.89. The third-order valence-electron chi connectivity index (χ3n) is 6.19. The van der Waals surface area contributed by atoms with Gasteiger partial charge in [-0.15, -0.1) is 0 Å². The number of aromatic nitrogens is 1. The van der Waals surface area contributed by atoms with Crippen molar-refractivity contribution in [1.82, 2.24) is 4.98 Å². The Labute approximate surface area is 188 Å². The van der Waals surface area contributed by atoms with Gasteiger partial charge in [-0.2, -0.15) is 0 Å². The van der Waals surface area contributed by atoms with Crippen LogP contribution in [-0.2, 0) is 4.79 Å². The molecule has 0 spiro atoms. The van der Waals surface area contributed by atoms with Gasteiger partial charge in [0.2, 0.25) is 5.91 Å². The number of para-hydroxylation sites is 1. The molecule has 164 valence electrons. The lowest BCUT2D eigenvalue weighted by atomic mass is 9.95. The van der Waals surface area contributed by atoms with Gasteiger partial charge in [0, 0.05) is 18.0 Å². The lowest BCUT2D eigenvalue weighted by molar-refractivity contribution is -0.116. The Kier molecular flexibility index (Phi) is 8.02. The summed E-state index contributed by atoms with van der Waals surface area (Å²) in [7, 11) is -1.54. The highest BCUT2D eigenvalue weighted by Crippen LogP contribution is 2.28. The van der Waals surface area contributed by atoms with E-state index < -0.39 is 8.07 Å². The molecule has 1 aromatic heterocycles. The topological polar surface area (TPSA) is 42.0 Å². The first-order chi connectivity index (χ1) is 14.8. The largest absolute Gasteiger partial charge is 0.324 e. The van der Waals surface area contributed by atoms with Crippen molar-refractivity contribution < 1.29 is 4.79 Å². The van der Waals surface area contributed by atoms with E-state index in [1.165, 1.54) is 24.1 Å². The maximum atomic E-state index is 12.8. The first-order valence-electron chi connectivity index (χ1n) is 11.5. The standard InChI is InChI=1S/C27H36N2OSi/c1-21(2)15-16-22(20-31(3,4)24-12-6-5-7-13-24)17-18-26(30)29-25-14-8-10-23-11-9-19-28-27(23)25/h5-14,19,21-22H,15-18,20H2,1-4H3,(H,29,30). The summed E-state index contributed by atoms with van der Waals surface area (Å²) in [4.78, 5) is 17.3. The van der Waals surface area contributed by atoms with E-state index in [-0.39, 0.29) is 5.91 Å². The van der Waals surface area contributed by atoms with Gasteiger partial charge in [-0.1, -0.05) is 99.5 Å². The molecule has 1 N–H and O–H groups in total. The SMILES string of the molecule is CC(C)CCC(CCC(=O)Nc1cccc2cccnc12)C[Si](C)(C)c1ccccc1. The molecule has 31 heavy (non-hydrogen) atoms. The van der Waals surface area contributed by atoms with Crippen LogP contribution in [0.3, 0.4) is 0 Å². The second-order valence-electron chi connectivity index (χ2n) is 9.76. The van der Waals surface area contributed by atoms with Gasteiger partial charge in [-0.3, -0.25) is 9.78 Å². The average Bonchev–Trinajstić information content (AvgIpc) is 2.76. The lowest BCUT2D eigenvalue weighted by Crippen LogP contribution is -2.42. The van der Waals surface area contributed by atoms with Crippen molar-refractivity contribution >= 4 is 35.8 Å². The quantitative estimate of drug-likeness (QED) is 0.366. The van der Waals surface area contributed by atoms with Gasteiger partial charge in [0.15, 0.2) is 0 Å². The lowest BCUT2D eigenvalue weighted by Gasteiger charge is -2.29. The van der Waals surface area contributed by atoms with Crippen molar-refractivity contribution in [3.05, 3.63) is 66.9 Å². The van der Waals surface area contributed by atoms with E-state index >= 15 is 0 Å². The van der Waals surface area contributed by atoms with Crippen molar-refractivity contribution in [2.75, 3.05) is 5.32 Å². The number of hydrogen-bond donors (Lipinski definition) is 1. The molecule has 3 aromatic rings. The van der Waals surface area contributed by atoms with Crippen LogP contribution < -0.4 is 10.5 Å². The number of amides is 1. The van der Waals surface area contributed by atoms with Gasteiger partial charge in [0.25, 0.3) is 0 Å². The second kappa shape index (κ2) is 10.7. The third kappa shape index (κ3) is 6.76. The van der Waals surface area contributed by atoms with E-state index in [2.05, 4.69) is 67.6 Å². The smallest absolute Gasteiger partial charge is 0.224 e. The minimum absolute atomic E-state index is 0.0897. The summed E-state index contributed by atoms with van der Waals surface area (Å²) in [6, 6.07) is 22.1. The van der Waals surface area contributed by atoms with Crippen LogP contribution in [0.1, 0.15) is 39.5 Å². The Morgan fingerprint density at radius 3 is 2.42 bits per heavy atom. The highest BCUT2D eigenvalue weighted by atomic mass is 28.3. The Balaban J connectivity index is 1.64. The van der Waals surface area contributed by atoms with Gasteiger partial charge in [0.05, 0.1) is 19.3 Å². The summed E-state index contributed by atoms with van der Waals surface area (Å²) in [5.74, 6) is 1.37. The molecule has 0 fully saturated rings. The summed E-state index contributed by atoms with van der Waals surface area (Å²) in [5.41, 5.74) is 1.66. The summed E-state index contributed by atoms with van der Waals surface area (Å²) in [5, 5.41) is 5.67. The molecule has 0 radical (unpaired) electrons. The van der Waals surface area contributed by atoms with Crippen molar-refractivity contribution in [2.45, 2.75) is 58.7 Å². The molecule has 0 bridgehead atoms. The molecule has 3 nitrogen and oxygen atoms in total.